The zero-order valence-electron chi connectivity index (χ0n) is 16.8. The molecule has 1 rings (SSSR count). The minimum atomic E-state index is -0.548. The van der Waals surface area contributed by atoms with Crippen molar-refractivity contribution in [3.05, 3.63) is 67.2 Å². The second kappa shape index (κ2) is 12.1. The fourth-order valence-electron chi connectivity index (χ4n) is 1.96. The van der Waals surface area contributed by atoms with Crippen LogP contribution in [0, 0.1) is 0 Å². The van der Waals surface area contributed by atoms with Crippen molar-refractivity contribution < 1.29 is 9.90 Å². The van der Waals surface area contributed by atoms with E-state index in [2.05, 4.69) is 21.5 Å². The summed E-state index contributed by atoms with van der Waals surface area (Å²) in [7, 11) is 3.60. The number of amidine groups is 1. The highest BCUT2D eigenvalue weighted by Gasteiger charge is 2.06. The van der Waals surface area contributed by atoms with Crippen LogP contribution in [-0.4, -0.2) is 53.7 Å². The minimum absolute atomic E-state index is 0.405. The monoisotopic (exact) mass is 381 g/mol. The van der Waals surface area contributed by atoms with Crippen LogP contribution in [0.4, 0.5) is 5.82 Å². The number of nitrogens with zero attached hydrogens (tertiary/aromatic N) is 5. The van der Waals surface area contributed by atoms with Crippen LogP contribution >= 0.6 is 0 Å². The van der Waals surface area contributed by atoms with E-state index in [-0.39, 0.29) is 0 Å². The molecule has 0 aliphatic carbocycles. The molecule has 0 aliphatic rings. The fourth-order valence-corrected chi connectivity index (χ4v) is 1.96. The van der Waals surface area contributed by atoms with Crippen LogP contribution in [0.15, 0.2) is 71.6 Å². The highest BCUT2D eigenvalue weighted by Crippen LogP contribution is 2.21. The van der Waals surface area contributed by atoms with E-state index < -0.39 is 12.4 Å². The van der Waals surface area contributed by atoms with E-state index in [1.54, 1.807) is 24.5 Å². The number of aromatic nitrogens is 1. The van der Waals surface area contributed by atoms with Gasteiger partial charge in [-0.15, -0.1) is 0 Å². The molecule has 0 unspecified atom stereocenters. The van der Waals surface area contributed by atoms with E-state index in [1.807, 2.05) is 56.2 Å². The molecule has 1 N–H and O–H groups in total. The third kappa shape index (κ3) is 7.13. The number of carbonyl (C=O) groups is 1. The van der Waals surface area contributed by atoms with E-state index in [0.29, 0.717) is 5.82 Å². The Hall–Kier alpha value is -3.32. The maximum Gasteiger partial charge on any atom is 0.182 e. The van der Waals surface area contributed by atoms with Crippen molar-refractivity contribution in [2.24, 2.45) is 9.98 Å². The first kappa shape index (κ1) is 22.7. The molecule has 148 valence electrons. The van der Waals surface area contributed by atoms with Crippen LogP contribution in [0.3, 0.4) is 0 Å². The molecule has 0 aromatic carbocycles. The Morgan fingerprint density at radius 1 is 1.43 bits per heavy atom. The zero-order chi connectivity index (χ0) is 20.9. The Bertz CT molecular complexity index is 822. The highest BCUT2D eigenvalue weighted by molar-refractivity contribution is 5.92. The van der Waals surface area contributed by atoms with Gasteiger partial charge in [-0.2, -0.15) is 0 Å². The number of allylic oxidation sites excluding steroid dienone is 3. The molecule has 0 aliphatic heterocycles. The van der Waals surface area contributed by atoms with Crippen molar-refractivity contribution in [3.63, 3.8) is 0 Å². The average Bonchev–Trinajstić information content (AvgIpc) is 2.73. The summed E-state index contributed by atoms with van der Waals surface area (Å²) in [5.41, 5.74) is 1.57. The number of pyridine rings is 1. The maximum absolute atomic E-state index is 11.3. The maximum atomic E-state index is 11.3. The van der Waals surface area contributed by atoms with E-state index >= 15 is 0 Å². The Kier molecular flexibility index (Phi) is 9.85. The molecule has 0 saturated carbocycles. The summed E-state index contributed by atoms with van der Waals surface area (Å²) in [5, 5.41) is 8.85. The summed E-state index contributed by atoms with van der Waals surface area (Å²) in [6.45, 7) is 7.02. The summed E-state index contributed by atoms with van der Waals surface area (Å²) in [6, 6.07) is 3.68. The Labute approximate surface area is 166 Å². The van der Waals surface area contributed by atoms with Gasteiger partial charge in [0.1, 0.15) is 18.3 Å². The molecule has 1 heterocycles. The molecule has 28 heavy (non-hydrogen) atoms. The van der Waals surface area contributed by atoms with Crippen LogP contribution in [-0.2, 0) is 4.79 Å². The third-order valence-electron chi connectivity index (χ3n) is 3.73. The number of aliphatic imine (C=N–C) groups is 2. The van der Waals surface area contributed by atoms with Crippen molar-refractivity contribution in [1.82, 2.24) is 9.88 Å². The number of rotatable bonds is 9. The summed E-state index contributed by atoms with van der Waals surface area (Å²) < 4.78 is 0. The number of hydrogen-bond acceptors (Lipinski definition) is 6. The van der Waals surface area contributed by atoms with Gasteiger partial charge < -0.3 is 14.9 Å². The van der Waals surface area contributed by atoms with Gasteiger partial charge in [0.2, 0.25) is 0 Å². The van der Waals surface area contributed by atoms with Crippen molar-refractivity contribution in [1.29, 1.82) is 0 Å². The lowest BCUT2D eigenvalue weighted by atomic mass is 10.2. The van der Waals surface area contributed by atoms with Gasteiger partial charge in [0.25, 0.3) is 0 Å². The quantitative estimate of drug-likeness (QED) is 0.308. The second-order valence-electron chi connectivity index (χ2n) is 5.64. The lowest BCUT2D eigenvalue weighted by molar-refractivity contribution is -0.117. The minimum Gasteiger partial charge on any atom is -0.388 e. The lowest BCUT2D eigenvalue weighted by Crippen LogP contribution is -2.22. The second-order valence-corrected chi connectivity index (χ2v) is 5.64. The SMILES string of the molecule is C=CN(/C=C\C(=O)CO)c1cc(/C(=C/C=C\C)N=CN(C)C(C)=NC)ccn1. The number of aliphatic hydroxyl groups is 1. The molecule has 0 bridgehead atoms. The molecule has 0 fully saturated rings. The first-order valence-electron chi connectivity index (χ1n) is 8.69. The van der Waals surface area contributed by atoms with Crippen LogP contribution < -0.4 is 4.90 Å². The van der Waals surface area contributed by atoms with Gasteiger partial charge in [0.15, 0.2) is 5.78 Å². The molecule has 7 nitrogen and oxygen atoms in total. The zero-order valence-corrected chi connectivity index (χ0v) is 16.8. The van der Waals surface area contributed by atoms with Crippen molar-refractivity contribution in [2.75, 3.05) is 25.6 Å². The first-order chi connectivity index (χ1) is 13.5. The van der Waals surface area contributed by atoms with Crippen LogP contribution in [0.25, 0.3) is 5.70 Å². The van der Waals surface area contributed by atoms with E-state index in [0.717, 1.165) is 17.1 Å². The Morgan fingerprint density at radius 2 is 2.18 bits per heavy atom. The summed E-state index contributed by atoms with van der Waals surface area (Å²) in [5.74, 6) is 0.995. The highest BCUT2D eigenvalue weighted by atomic mass is 16.3. The Balaban J connectivity index is 3.24. The number of aliphatic hydroxyl groups excluding tert-OH is 1. The topological polar surface area (TPSA) is 81.4 Å². The molecule has 7 heteroatoms. The van der Waals surface area contributed by atoms with Gasteiger partial charge in [-0.05, 0) is 32.1 Å². The van der Waals surface area contributed by atoms with Crippen molar-refractivity contribution >= 4 is 29.5 Å². The molecular weight excluding hydrogens is 354 g/mol. The van der Waals surface area contributed by atoms with E-state index in [1.165, 1.54) is 18.5 Å². The van der Waals surface area contributed by atoms with Crippen LogP contribution in [0.1, 0.15) is 19.4 Å². The number of ketones is 1. The van der Waals surface area contributed by atoms with E-state index in [9.17, 15) is 4.79 Å². The summed E-state index contributed by atoms with van der Waals surface area (Å²) in [4.78, 5) is 27.7. The normalized spacial score (nSPS) is 12.9. The predicted octanol–water partition coefficient (Wildman–Crippen LogP) is 3.03. The molecule has 0 radical (unpaired) electrons. The lowest BCUT2D eigenvalue weighted by Gasteiger charge is -2.15. The van der Waals surface area contributed by atoms with Gasteiger partial charge >= 0.3 is 0 Å². The number of hydrogen-bond donors (Lipinski definition) is 1. The number of anilines is 1. The molecule has 0 saturated heterocycles. The smallest absolute Gasteiger partial charge is 0.182 e. The largest absolute Gasteiger partial charge is 0.388 e. The van der Waals surface area contributed by atoms with Gasteiger partial charge in [0.05, 0.1) is 12.0 Å². The molecule has 0 amide bonds. The molecular formula is C21H27N5O2. The van der Waals surface area contributed by atoms with Gasteiger partial charge in [-0.1, -0.05) is 18.7 Å². The molecule has 1 aromatic heterocycles. The van der Waals surface area contributed by atoms with Gasteiger partial charge in [0, 0.05) is 44.3 Å². The standard InChI is InChI=1S/C21H27N5O2/c1-6-8-9-20(24-16-25(5)17(3)22-4)18-10-12-23-21(14-18)26(7-2)13-11-19(28)15-27/h6-14,16,27H,2,15H2,1,3-5H3/b8-6-,13-11-,20-9-,22-17?,24-16?. The van der Waals surface area contributed by atoms with Crippen molar-refractivity contribution in [2.45, 2.75) is 13.8 Å². The fraction of sp³-hybridized carbons (Fsp3) is 0.238. The molecule has 1 aromatic rings. The predicted molar refractivity (Wildman–Crippen MR) is 116 cm³/mol. The molecule has 0 spiro atoms. The first-order valence-corrected chi connectivity index (χ1v) is 8.69. The summed E-state index contributed by atoms with van der Waals surface area (Å²) >= 11 is 0. The molecule has 0 atom stereocenters. The Morgan fingerprint density at radius 3 is 2.79 bits per heavy atom. The van der Waals surface area contributed by atoms with Gasteiger partial charge in [-0.3, -0.25) is 9.79 Å². The van der Waals surface area contributed by atoms with Crippen molar-refractivity contribution in [3.8, 4) is 0 Å². The van der Waals surface area contributed by atoms with E-state index in [4.69, 9.17) is 5.11 Å². The number of carbonyl (C=O) groups excluding carboxylic acids is 1. The average molecular weight is 381 g/mol. The summed E-state index contributed by atoms with van der Waals surface area (Å²) in [6.07, 6.45) is 13.4. The van der Waals surface area contributed by atoms with Crippen LogP contribution in [0.2, 0.25) is 0 Å². The van der Waals surface area contributed by atoms with Crippen LogP contribution in [0.5, 0.6) is 0 Å². The van der Waals surface area contributed by atoms with Gasteiger partial charge in [-0.25, -0.2) is 9.98 Å². The third-order valence-corrected chi connectivity index (χ3v) is 3.73.